The van der Waals surface area contributed by atoms with E-state index >= 15 is 0 Å². The van der Waals surface area contributed by atoms with Gasteiger partial charge in [-0.15, -0.1) is 0 Å². The minimum atomic E-state index is -4.26. The Balaban J connectivity index is 2.09. The lowest BCUT2D eigenvalue weighted by Crippen LogP contribution is -2.52. The number of sulfonamides is 1. The molecule has 0 bridgehead atoms. The van der Waals surface area contributed by atoms with E-state index in [-0.39, 0.29) is 40.4 Å². The van der Waals surface area contributed by atoms with Crippen molar-refractivity contribution >= 4 is 73.9 Å². The largest absolute Gasteiger partial charge is 0.354 e. The summed E-state index contributed by atoms with van der Waals surface area (Å²) < 4.78 is 28.7. The molecule has 1 atom stereocenters. The van der Waals surface area contributed by atoms with Gasteiger partial charge in [0.15, 0.2) is 0 Å². The van der Waals surface area contributed by atoms with Crippen LogP contribution in [0.15, 0.2) is 71.6 Å². The van der Waals surface area contributed by atoms with Crippen LogP contribution in [-0.2, 0) is 26.2 Å². The molecule has 0 saturated heterocycles. The van der Waals surface area contributed by atoms with Gasteiger partial charge in [-0.3, -0.25) is 13.9 Å². The van der Waals surface area contributed by atoms with E-state index in [1.54, 1.807) is 37.3 Å². The SMILES string of the molecule is CC[C@H](C(=O)NCC(C)C)N(Cc1c(Cl)cccc1Cl)C(=O)CN(c1cccc(Cl)c1)S(=O)(=O)c1ccc(Cl)cc1. The minimum Gasteiger partial charge on any atom is -0.354 e. The van der Waals surface area contributed by atoms with Crippen LogP contribution in [0.2, 0.25) is 20.1 Å². The molecule has 0 aromatic heterocycles. The van der Waals surface area contributed by atoms with E-state index < -0.39 is 28.5 Å². The number of rotatable bonds is 12. The molecule has 2 amide bonds. The summed E-state index contributed by atoms with van der Waals surface area (Å²) >= 11 is 25.1. The van der Waals surface area contributed by atoms with Gasteiger partial charge in [-0.1, -0.05) is 79.3 Å². The Morgan fingerprint density at radius 2 is 1.49 bits per heavy atom. The minimum absolute atomic E-state index is 0.0721. The monoisotopic (exact) mass is 657 g/mol. The molecular formula is C29H31Cl4N3O4S. The number of nitrogens with zero attached hydrogens (tertiary/aromatic N) is 2. The van der Waals surface area contributed by atoms with Gasteiger partial charge in [0.2, 0.25) is 11.8 Å². The molecule has 0 unspecified atom stereocenters. The van der Waals surface area contributed by atoms with E-state index in [1.165, 1.54) is 41.3 Å². The zero-order valence-corrected chi connectivity index (χ0v) is 26.6. The first kappa shape index (κ1) is 33.0. The smallest absolute Gasteiger partial charge is 0.264 e. The Labute approximate surface area is 261 Å². The summed E-state index contributed by atoms with van der Waals surface area (Å²) in [4.78, 5) is 28.7. The summed E-state index contributed by atoms with van der Waals surface area (Å²) in [7, 11) is -4.26. The Bertz CT molecular complexity index is 1460. The van der Waals surface area contributed by atoms with Gasteiger partial charge < -0.3 is 10.2 Å². The Hall–Kier alpha value is -2.49. The Morgan fingerprint density at radius 1 is 0.878 bits per heavy atom. The van der Waals surface area contributed by atoms with E-state index in [2.05, 4.69) is 5.32 Å². The highest BCUT2D eigenvalue weighted by molar-refractivity contribution is 7.92. The number of hydrogen-bond acceptors (Lipinski definition) is 4. The number of hydrogen-bond donors (Lipinski definition) is 1. The average molecular weight is 659 g/mol. The van der Waals surface area contributed by atoms with Crippen molar-refractivity contribution in [3.63, 3.8) is 0 Å². The van der Waals surface area contributed by atoms with Crippen LogP contribution in [0.4, 0.5) is 5.69 Å². The van der Waals surface area contributed by atoms with Crippen LogP contribution in [0, 0.1) is 5.92 Å². The highest BCUT2D eigenvalue weighted by Gasteiger charge is 2.34. The van der Waals surface area contributed by atoms with Crippen molar-refractivity contribution in [2.24, 2.45) is 5.92 Å². The lowest BCUT2D eigenvalue weighted by Gasteiger charge is -2.33. The van der Waals surface area contributed by atoms with Gasteiger partial charge in [-0.05, 0) is 66.9 Å². The number of halogens is 4. The van der Waals surface area contributed by atoms with Crippen LogP contribution in [0.1, 0.15) is 32.8 Å². The molecule has 3 rings (SSSR count). The van der Waals surface area contributed by atoms with Crippen LogP contribution < -0.4 is 9.62 Å². The van der Waals surface area contributed by atoms with Crippen molar-refractivity contribution in [1.29, 1.82) is 0 Å². The third-order valence-corrected chi connectivity index (χ3v) is 9.22. The molecule has 3 aromatic rings. The van der Waals surface area contributed by atoms with Gasteiger partial charge >= 0.3 is 0 Å². The van der Waals surface area contributed by atoms with Crippen molar-refractivity contribution in [2.45, 2.75) is 44.7 Å². The molecule has 12 heteroatoms. The predicted molar refractivity (Wildman–Crippen MR) is 166 cm³/mol. The summed E-state index contributed by atoms with van der Waals surface area (Å²) in [5, 5.41) is 4.14. The van der Waals surface area contributed by atoms with E-state index in [1.807, 2.05) is 13.8 Å². The summed E-state index contributed by atoms with van der Waals surface area (Å²) in [5.41, 5.74) is 0.614. The van der Waals surface area contributed by atoms with Crippen LogP contribution in [-0.4, -0.2) is 44.3 Å². The average Bonchev–Trinajstić information content (AvgIpc) is 2.92. The first-order chi connectivity index (χ1) is 19.3. The second-order valence-corrected chi connectivity index (χ2v) is 13.3. The van der Waals surface area contributed by atoms with Crippen molar-refractivity contribution in [3.05, 3.63) is 92.4 Å². The summed E-state index contributed by atoms with van der Waals surface area (Å²) in [6.45, 7) is 5.35. The van der Waals surface area contributed by atoms with Crippen LogP contribution in [0.25, 0.3) is 0 Å². The molecule has 0 aliphatic carbocycles. The van der Waals surface area contributed by atoms with Gasteiger partial charge in [0.1, 0.15) is 12.6 Å². The van der Waals surface area contributed by atoms with Crippen LogP contribution >= 0.6 is 46.4 Å². The summed E-state index contributed by atoms with van der Waals surface area (Å²) in [5.74, 6) is -0.820. The van der Waals surface area contributed by atoms with Gasteiger partial charge in [0.05, 0.1) is 10.6 Å². The maximum absolute atomic E-state index is 14.1. The number of carbonyl (C=O) groups is 2. The Kier molecular flexibility index (Phi) is 11.8. The van der Waals surface area contributed by atoms with E-state index in [0.29, 0.717) is 27.2 Å². The number of amides is 2. The molecule has 0 spiro atoms. The molecular weight excluding hydrogens is 628 g/mol. The maximum Gasteiger partial charge on any atom is 0.264 e. The molecule has 0 heterocycles. The molecule has 3 aromatic carbocycles. The first-order valence-corrected chi connectivity index (χ1v) is 15.8. The zero-order valence-electron chi connectivity index (χ0n) is 22.8. The second-order valence-electron chi connectivity index (χ2n) is 9.73. The van der Waals surface area contributed by atoms with Gasteiger partial charge in [0, 0.05) is 38.7 Å². The van der Waals surface area contributed by atoms with Crippen molar-refractivity contribution in [1.82, 2.24) is 10.2 Å². The molecule has 0 radical (unpaired) electrons. The second kappa shape index (κ2) is 14.6. The highest BCUT2D eigenvalue weighted by atomic mass is 35.5. The van der Waals surface area contributed by atoms with E-state index in [4.69, 9.17) is 46.4 Å². The fourth-order valence-corrected chi connectivity index (χ4v) is 6.32. The summed E-state index contributed by atoms with van der Waals surface area (Å²) in [6.07, 6.45) is 0.263. The maximum atomic E-state index is 14.1. The topological polar surface area (TPSA) is 86.8 Å². The van der Waals surface area contributed by atoms with Crippen molar-refractivity contribution in [2.75, 3.05) is 17.4 Å². The van der Waals surface area contributed by atoms with Gasteiger partial charge in [0.25, 0.3) is 10.0 Å². The van der Waals surface area contributed by atoms with Crippen LogP contribution in [0.5, 0.6) is 0 Å². The molecule has 220 valence electrons. The lowest BCUT2D eigenvalue weighted by atomic mass is 10.1. The number of benzene rings is 3. The molecule has 0 saturated carbocycles. The van der Waals surface area contributed by atoms with Crippen molar-refractivity contribution in [3.8, 4) is 0 Å². The predicted octanol–water partition coefficient (Wildman–Crippen LogP) is 7.08. The normalized spacial score (nSPS) is 12.2. The number of nitrogens with one attached hydrogen (secondary N) is 1. The van der Waals surface area contributed by atoms with E-state index in [9.17, 15) is 18.0 Å². The van der Waals surface area contributed by atoms with Crippen molar-refractivity contribution < 1.29 is 18.0 Å². The molecule has 0 aliphatic rings. The quantitative estimate of drug-likeness (QED) is 0.225. The molecule has 41 heavy (non-hydrogen) atoms. The number of anilines is 1. The molecule has 0 aliphatic heterocycles. The molecule has 7 nitrogen and oxygen atoms in total. The van der Waals surface area contributed by atoms with E-state index in [0.717, 1.165) is 4.31 Å². The third-order valence-electron chi connectivity index (χ3n) is 6.24. The fraction of sp³-hybridized carbons (Fsp3) is 0.310. The molecule has 1 N–H and O–H groups in total. The van der Waals surface area contributed by atoms with Gasteiger partial charge in [-0.25, -0.2) is 8.42 Å². The summed E-state index contributed by atoms with van der Waals surface area (Å²) in [6, 6.07) is 15.8. The zero-order chi connectivity index (χ0) is 30.3. The lowest BCUT2D eigenvalue weighted by molar-refractivity contribution is -0.140. The fourth-order valence-electron chi connectivity index (χ4n) is 4.09. The highest BCUT2D eigenvalue weighted by Crippen LogP contribution is 2.30. The van der Waals surface area contributed by atoms with Crippen LogP contribution in [0.3, 0.4) is 0 Å². The van der Waals surface area contributed by atoms with Gasteiger partial charge in [-0.2, -0.15) is 0 Å². The standard InChI is InChI=1S/C29H31Cl4N3O4S/c1-4-27(29(38)34-16-19(2)3)35(17-24-25(32)9-6-10-26(24)33)28(37)18-36(22-8-5-7-21(31)15-22)41(39,40)23-13-11-20(30)12-14-23/h5-15,19,27H,4,16-18H2,1-3H3,(H,34,38)/t27-/m1/s1. The first-order valence-electron chi connectivity index (χ1n) is 12.9. The number of carbonyl (C=O) groups excluding carboxylic acids is 2. The third kappa shape index (κ3) is 8.52. The molecule has 0 fully saturated rings. The Morgan fingerprint density at radius 3 is 2.05 bits per heavy atom.